The Labute approximate surface area is 132 Å². The number of amides is 1. The van der Waals surface area contributed by atoms with Crippen molar-refractivity contribution in [2.75, 3.05) is 0 Å². The molecule has 0 aliphatic carbocycles. The number of hydrogen-bond acceptors (Lipinski definition) is 6. The molecule has 0 saturated carbocycles. The number of aromatic nitrogens is 2. The molecule has 0 unspecified atom stereocenters. The van der Waals surface area contributed by atoms with Gasteiger partial charge in [-0.2, -0.15) is 10.2 Å². The second-order valence-electron chi connectivity index (χ2n) is 4.20. The molecule has 2 aromatic rings. The number of aromatic hydroxyl groups is 1. The molecule has 0 aliphatic heterocycles. The van der Waals surface area contributed by atoms with E-state index in [1.165, 1.54) is 10.7 Å². The number of hydrazone groups is 1. The summed E-state index contributed by atoms with van der Waals surface area (Å²) in [5.74, 6) is -0.753. The van der Waals surface area contributed by atoms with Crippen LogP contribution in [0.5, 0.6) is 5.75 Å². The van der Waals surface area contributed by atoms with E-state index in [4.69, 9.17) is 0 Å². The molecule has 22 heavy (non-hydrogen) atoms. The molecule has 0 radical (unpaired) electrons. The van der Waals surface area contributed by atoms with E-state index in [1.54, 1.807) is 13.2 Å². The molecule has 2 N–H and O–H groups in total. The van der Waals surface area contributed by atoms with E-state index >= 15 is 0 Å². The summed E-state index contributed by atoms with van der Waals surface area (Å²) in [5, 5.41) is 27.9. The van der Waals surface area contributed by atoms with Crippen molar-refractivity contribution in [1.29, 1.82) is 0 Å². The molecular formula is C12H10BrN5O4. The smallest absolute Gasteiger partial charge is 0.293 e. The van der Waals surface area contributed by atoms with Crippen LogP contribution in [0.4, 0.5) is 5.69 Å². The summed E-state index contributed by atoms with van der Waals surface area (Å²) in [4.78, 5) is 21.9. The van der Waals surface area contributed by atoms with Crippen LogP contribution < -0.4 is 5.43 Å². The number of nitro benzene ring substituents is 1. The fraction of sp³-hybridized carbons (Fsp3) is 0.0833. The summed E-state index contributed by atoms with van der Waals surface area (Å²) < 4.78 is 1.95. The van der Waals surface area contributed by atoms with Gasteiger partial charge in [-0.15, -0.1) is 0 Å². The van der Waals surface area contributed by atoms with Crippen LogP contribution in [0.1, 0.15) is 16.1 Å². The van der Waals surface area contributed by atoms with E-state index in [0.29, 0.717) is 4.47 Å². The predicted molar refractivity (Wildman–Crippen MR) is 80.7 cm³/mol. The zero-order chi connectivity index (χ0) is 16.3. The van der Waals surface area contributed by atoms with Gasteiger partial charge in [-0.3, -0.25) is 19.6 Å². The van der Waals surface area contributed by atoms with Crippen LogP contribution in [0.15, 0.2) is 34.0 Å². The number of nitrogens with zero attached hydrogens (tertiary/aromatic N) is 4. The van der Waals surface area contributed by atoms with Crippen molar-refractivity contribution in [1.82, 2.24) is 15.2 Å². The summed E-state index contributed by atoms with van der Waals surface area (Å²) >= 11 is 3.18. The standard InChI is InChI=1S/C12H10BrN5O4/c1-17-6-9(13)11(16-17)12(20)15-14-5-7-4-8(18(21)22)2-3-10(7)19/h2-6,19H,1H3,(H,15,20)/b14-5-. The highest BCUT2D eigenvalue weighted by Crippen LogP contribution is 2.21. The zero-order valence-corrected chi connectivity index (χ0v) is 12.8. The Kier molecular flexibility index (Phi) is 4.51. The molecule has 0 aliphatic rings. The van der Waals surface area contributed by atoms with E-state index in [9.17, 15) is 20.0 Å². The van der Waals surface area contributed by atoms with Gasteiger partial charge in [0.1, 0.15) is 5.75 Å². The molecule has 114 valence electrons. The third kappa shape index (κ3) is 3.47. The minimum atomic E-state index is -0.597. The molecule has 1 heterocycles. The lowest BCUT2D eigenvalue weighted by Gasteiger charge is -1.99. The van der Waals surface area contributed by atoms with Gasteiger partial charge in [-0.05, 0) is 22.0 Å². The number of aryl methyl sites for hydroxylation is 1. The van der Waals surface area contributed by atoms with Crippen molar-refractivity contribution in [3.63, 3.8) is 0 Å². The van der Waals surface area contributed by atoms with Gasteiger partial charge in [0.2, 0.25) is 0 Å². The minimum absolute atomic E-state index is 0.106. The number of benzene rings is 1. The number of halogens is 1. The Hall–Kier alpha value is -2.75. The Morgan fingerprint density at radius 2 is 2.32 bits per heavy atom. The van der Waals surface area contributed by atoms with Crippen molar-refractivity contribution in [2.45, 2.75) is 0 Å². The minimum Gasteiger partial charge on any atom is -0.507 e. The van der Waals surface area contributed by atoms with Gasteiger partial charge >= 0.3 is 0 Å². The van der Waals surface area contributed by atoms with Gasteiger partial charge < -0.3 is 5.11 Å². The maximum Gasteiger partial charge on any atom is 0.293 e. The van der Waals surface area contributed by atoms with Crippen LogP contribution in [0, 0.1) is 10.1 Å². The number of nitrogens with one attached hydrogen (secondary N) is 1. The average Bonchev–Trinajstić information content (AvgIpc) is 2.79. The van der Waals surface area contributed by atoms with E-state index < -0.39 is 10.8 Å². The Morgan fingerprint density at radius 3 is 2.91 bits per heavy atom. The second kappa shape index (κ2) is 6.35. The summed E-state index contributed by atoms with van der Waals surface area (Å²) in [6, 6.07) is 3.48. The van der Waals surface area contributed by atoms with Crippen molar-refractivity contribution >= 4 is 33.7 Å². The molecular weight excluding hydrogens is 358 g/mol. The van der Waals surface area contributed by atoms with Crippen LogP contribution in [0.2, 0.25) is 0 Å². The Morgan fingerprint density at radius 1 is 1.59 bits per heavy atom. The van der Waals surface area contributed by atoms with Gasteiger partial charge in [0.15, 0.2) is 5.69 Å². The lowest BCUT2D eigenvalue weighted by Crippen LogP contribution is -2.19. The maximum atomic E-state index is 11.8. The van der Waals surface area contributed by atoms with Gasteiger partial charge in [-0.1, -0.05) is 0 Å². The summed E-state index contributed by atoms with van der Waals surface area (Å²) in [6.45, 7) is 0. The van der Waals surface area contributed by atoms with Crippen LogP contribution in [0.25, 0.3) is 0 Å². The molecule has 9 nitrogen and oxygen atoms in total. The summed E-state index contributed by atoms with van der Waals surface area (Å²) in [5.41, 5.74) is 2.27. The topological polar surface area (TPSA) is 123 Å². The average molecular weight is 368 g/mol. The van der Waals surface area contributed by atoms with Gasteiger partial charge in [-0.25, -0.2) is 5.43 Å². The second-order valence-corrected chi connectivity index (χ2v) is 5.05. The maximum absolute atomic E-state index is 11.8. The highest BCUT2D eigenvalue weighted by Gasteiger charge is 2.13. The third-order valence-corrected chi connectivity index (χ3v) is 3.17. The van der Waals surface area contributed by atoms with Crippen molar-refractivity contribution < 1.29 is 14.8 Å². The van der Waals surface area contributed by atoms with E-state index in [2.05, 4.69) is 31.6 Å². The highest BCUT2D eigenvalue weighted by molar-refractivity contribution is 9.10. The lowest BCUT2D eigenvalue weighted by molar-refractivity contribution is -0.384. The predicted octanol–water partition coefficient (Wildman–Crippen LogP) is 1.56. The van der Waals surface area contributed by atoms with Gasteiger partial charge in [0.25, 0.3) is 11.6 Å². The first kappa shape index (κ1) is 15.6. The molecule has 1 aromatic carbocycles. The molecule has 0 fully saturated rings. The molecule has 0 spiro atoms. The number of non-ortho nitro benzene ring substituents is 1. The van der Waals surface area contributed by atoms with Crippen molar-refractivity contribution in [3.05, 3.63) is 50.2 Å². The molecule has 10 heteroatoms. The van der Waals surface area contributed by atoms with Crippen LogP contribution in [0.3, 0.4) is 0 Å². The zero-order valence-electron chi connectivity index (χ0n) is 11.2. The Balaban J connectivity index is 2.12. The lowest BCUT2D eigenvalue weighted by atomic mass is 10.2. The fourth-order valence-corrected chi connectivity index (χ4v) is 2.14. The molecule has 0 bridgehead atoms. The first-order valence-electron chi connectivity index (χ1n) is 5.88. The first-order chi connectivity index (χ1) is 10.4. The number of rotatable bonds is 4. The largest absolute Gasteiger partial charge is 0.507 e. The van der Waals surface area contributed by atoms with Gasteiger partial charge in [0, 0.05) is 30.9 Å². The van der Waals surface area contributed by atoms with E-state index in [1.807, 2.05) is 0 Å². The van der Waals surface area contributed by atoms with Crippen LogP contribution in [-0.2, 0) is 7.05 Å². The van der Waals surface area contributed by atoms with Gasteiger partial charge in [0.05, 0.1) is 15.6 Å². The number of carbonyl (C=O) groups is 1. The Bertz CT molecular complexity index is 771. The SMILES string of the molecule is Cn1cc(Br)c(C(=O)N/N=C\c2cc([N+](=O)[O-])ccc2O)n1. The van der Waals surface area contributed by atoms with E-state index in [-0.39, 0.29) is 22.7 Å². The molecule has 2 rings (SSSR count). The highest BCUT2D eigenvalue weighted by atomic mass is 79.9. The van der Waals surface area contributed by atoms with Crippen LogP contribution in [-0.4, -0.2) is 31.9 Å². The third-order valence-electron chi connectivity index (χ3n) is 2.59. The molecule has 0 atom stereocenters. The van der Waals surface area contributed by atoms with Crippen molar-refractivity contribution in [2.24, 2.45) is 12.1 Å². The number of nitro groups is 1. The quantitative estimate of drug-likeness (QED) is 0.482. The summed E-state index contributed by atoms with van der Waals surface area (Å²) in [6.07, 6.45) is 2.71. The van der Waals surface area contributed by atoms with Crippen LogP contribution >= 0.6 is 15.9 Å². The summed E-state index contributed by atoms with van der Waals surface area (Å²) in [7, 11) is 1.66. The number of phenolic OH excluding ortho intramolecular Hbond substituents is 1. The number of phenols is 1. The van der Waals surface area contributed by atoms with E-state index in [0.717, 1.165) is 18.3 Å². The number of hydrogen-bond donors (Lipinski definition) is 2. The first-order valence-corrected chi connectivity index (χ1v) is 6.67. The normalized spacial score (nSPS) is 10.8. The monoisotopic (exact) mass is 367 g/mol. The molecule has 1 amide bonds. The molecule has 0 saturated heterocycles. The number of carbonyl (C=O) groups excluding carboxylic acids is 1. The van der Waals surface area contributed by atoms with Crippen molar-refractivity contribution in [3.8, 4) is 5.75 Å². The molecule has 1 aromatic heterocycles. The fourth-order valence-electron chi connectivity index (χ4n) is 1.59.